The van der Waals surface area contributed by atoms with Gasteiger partial charge in [0.1, 0.15) is 0 Å². The lowest BCUT2D eigenvalue weighted by Crippen LogP contribution is -2.53. The summed E-state index contributed by atoms with van der Waals surface area (Å²) in [5.74, 6) is 1.02. The number of aliphatic imine (C=N–C) groups is 1. The predicted octanol–water partition coefficient (Wildman–Crippen LogP) is 2.89. The molecule has 1 aromatic carbocycles. The van der Waals surface area contributed by atoms with Crippen LogP contribution < -0.4 is 9.62 Å². The van der Waals surface area contributed by atoms with E-state index in [4.69, 9.17) is 4.99 Å². The van der Waals surface area contributed by atoms with Gasteiger partial charge in [-0.2, -0.15) is 0 Å². The summed E-state index contributed by atoms with van der Waals surface area (Å²) in [7, 11) is -3.70. The molecule has 1 atom stereocenters. The number of carbonyl (C=O) groups excluding carboxylic acids is 1. The second kappa shape index (κ2) is 6.85. The zero-order valence-corrected chi connectivity index (χ0v) is 19.7. The molecule has 1 aromatic heterocycles. The summed E-state index contributed by atoms with van der Waals surface area (Å²) in [6.45, 7) is 4.88. The number of sulfonamides is 1. The number of aryl methyl sites for hydroxylation is 1. The SMILES string of the molecule is Cc1ncc(CN2C(=O)c3cc(S(=O)(=O)NC4(C)CC4)ccc3N3C2=NC[C@H]3C2CC2)s1. The van der Waals surface area contributed by atoms with Crippen LogP contribution in [0.25, 0.3) is 0 Å². The normalized spacial score (nSPS) is 23.8. The van der Waals surface area contributed by atoms with Crippen LogP contribution >= 0.6 is 11.3 Å². The van der Waals surface area contributed by atoms with E-state index in [9.17, 15) is 13.2 Å². The summed E-state index contributed by atoms with van der Waals surface area (Å²) in [6.07, 6.45) is 5.78. The number of carbonyl (C=O) groups is 1. The van der Waals surface area contributed by atoms with E-state index in [1.807, 2.05) is 13.8 Å². The number of hydrogen-bond acceptors (Lipinski definition) is 7. The topological polar surface area (TPSA) is 95.0 Å². The molecule has 1 N–H and O–H groups in total. The molecule has 1 amide bonds. The second-order valence-electron chi connectivity index (χ2n) is 9.50. The van der Waals surface area contributed by atoms with Gasteiger partial charge in [-0.05, 0) is 63.6 Å². The van der Waals surface area contributed by atoms with E-state index in [0.717, 1.165) is 41.3 Å². The van der Waals surface area contributed by atoms with Gasteiger partial charge in [0, 0.05) is 16.6 Å². The van der Waals surface area contributed by atoms with E-state index < -0.39 is 10.0 Å². The number of hydrogen-bond donors (Lipinski definition) is 1. The fraction of sp³-hybridized carbons (Fsp3) is 0.500. The molecular formula is C22H25N5O3S2. The van der Waals surface area contributed by atoms with Crippen LogP contribution in [0.4, 0.5) is 5.69 Å². The van der Waals surface area contributed by atoms with E-state index >= 15 is 0 Å². The summed E-state index contributed by atoms with van der Waals surface area (Å²) in [5, 5.41) is 0.943. The Labute approximate surface area is 191 Å². The molecule has 2 saturated carbocycles. The van der Waals surface area contributed by atoms with Crippen LogP contribution in [-0.2, 0) is 16.6 Å². The number of thiazole rings is 1. The molecule has 0 saturated heterocycles. The fourth-order valence-electron chi connectivity index (χ4n) is 4.57. The van der Waals surface area contributed by atoms with Gasteiger partial charge in [-0.1, -0.05) is 0 Å². The molecule has 0 radical (unpaired) electrons. The van der Waals surface area contributed by atoms with Crippen LogP contribution in [0.2, 0.25) is 0 Å². The van der Waals surface area contributed by atoms with Crippen molar-refractivity contribution in [1.29, 1.82) is 0 Å². The first-order valence-electron chi connectivity index (χ1n) is 11.0. The minimum absolute atomic E-state index is 0.133. The van der Waals surface area contributed by atoms with Gasteiger partial charge in [-0.25, -0.2) is 18.1 Å². The van der Waals surface area contributed by atoms with E-state index in [2.05, 4.69) is 14.6 Å². The van der Waals surface area contributed by atoms with Crippen molar-refractivity contribution in [2.75, 3.05) is 11.4 Å². The van der Waals surface area contributed by atoms with E-state index in [-0.39, 0.29) is 22.4 Å². The van der Waals surface area contributed by atoms with Crippen LogP contribution in [0.5, 0.6) is 0 Å². The van der Waals surface area contributed by atoms with Gasteiger partial charge in [0.25, 0.3) is 5.91 Å². The Morgan fingerprint density at radius 3 is 2.72 bits per heavy atom. The summed E-state index contributed by atoms with van der Waals surface area (Å²) in [5.41, 5.74) is 0.804. The van der Waals surface area contributed by atoms with Crippen LogP contribution in [-0.4, -0.2) is 48.3 Å². The first-order chi connectivity index (χ1) is 15.2. The Bertz CT molecular complexity index is 1260. The number of nitrogens with one attached hydrogen (secondary N) is 1. The number of nitrogens with zero attached hydrogens (tertiary/aromatic N) is 4. The van der Waals surface area contributed by atoms with Crippen LogP contribution in [0.15, 0.2) is 34.3 Å². The number of rotatable bonds is 6. The third kappa shape index (κ3) is 3.36. The summed E-state index contributed by atoms with van der Waals surface area (Å²) >= 11 is 1.55. The van der Waals surface area contributed by atoms with Crippen molar-refractivity contribution in [2.24, 2.45) is 10.9 Å². The number of benzene rings is 1. The van der Waals surface area contributed by atoms with Crippen molar-refractivity contribution < 1.29 is 13.2 Å². The highest BCUT2D eigenvalue weighted by Gasteiger charge is 2.47. The van der Waals surface area contributed by atoms with Gasteiger partial charge in [-0.3, -0.25) is 14.7 Å². The van der Waals surface area contributed by atoms with Crippen molar-refractivity contribution in [1.82, 2.24) is 14.6 Å². The molecule has 2 aliphatic carbocycles. The zero-order valence-electron chi connectivity index (χ0n) is 18.0. The minimum Gasteiger partial charge on any atom is -0.306 e. The monoisotopic (exact) mass is 471 g/mol. The first-order valence-corrected chi connectivity index (χ1v) is 13.3. The fourth-order valence-corrected chi connectivity index (χ4v) is 6.85. The van der Waals surface area contributed by atoms with Gasteiger partial charge in [0.15, 0.2) is 0 Å². The third-order valence-corrected chi connectivity index (χ3v) is 9.29. The molecule has 8 nitrogen and oxygen atoms in total. The standard InChI is InChI=1S/C22H25N5O3S2/c1-13-23-10-15(31-13)12-26-20(28)17-9-16(32(29,30)25-22(2)7-8-22)5-6-18(17)27-19(14-3-4-14)11-24-21(26)27/h5-6,9-10,14,19,25H,3-4,7-8,11-12H2,1-2H3/t19-/m0/s1. The molecule has 10 heteroatoms. The Kier molecular flexibility index (Phi) is 4.35. The van der Waals surface area contributed by atoms with Gasteiger partial charge in [0.05, 0.1) is 40.3 Å². The molecular weight excluding hydrogens is 446 g/mol. The maximum absolute atomic E-state index is 13.6. The Morgan fingerprint density at radius 1 is 1.28 bits per heavy atom. The molecule has 2 aliphatic heterocycles. The lowest BCUT2D eigenvalue weighted by atomic mass is 10.0. The average molecular weight is 472 g/mol. The number of amides is 1. The van der Waals surface area contributed by atoms with Gasteiger partial charge in [-0.15, -0.1) is 11.3 Å². The maximum atomic E-state index is 13.6. The summed E-state index contributed by atoms with van der Waals surface area (Å²) in [6, 6.07) is 5.15. The summed E-state index contributed by atoms with van der Waals surface area (Å²) < 4.78 is 28.8. The quantitative estimate of drug-likeness (QED) is 0.699. The largest absolute Gasteiger partial charge is 0.306 e. The second-order valence-corrected chi connectivity index (χ2v) is 12.5. The molecule has 32 heavy (non-hydrogen) atoms. The highest BCUT2D eigenvalue weighted by Crippen LogP contribution is 2.44. The molecule has 168 valence electrons. The van der Waals surface area contributed by atoms with Crippen molar-refractivity contribution in [3.05, 3.63) is 39.8 Å². The maximum Gasteiger partial charge on any atom is 0.263 e. The van der Waals surface area contributed by atoms with E-state index in [1.165, 1.54) is 6.07 Å². The Balaban J connectivity index is 1.41. The molecule has 3 heterocycles. The molecule has 2 aromatic rings. The van der Waals surface area contributed by atoms with Crippen LogP contribution in [0, 0.1) is 12.8 Å². The number of aromatic nitrogens is 1. The molecule has 4 aliphatic rings. The van der Waals surface area contributed by atoms with Crippen molar-refractivity contribution >= 4 is 38.9 Å². The predicted molar refractivity (Wildman–Crippen MR) is 122 cm³/mol. The smallest absolute Gasteiger partial charge is 0.263 e. The molecule has 2 fully saturated rings. The average Bonchev–Trinajstić information content (AvgIpc) is 3.63. The van der Waals surface area contributed by atoms with Crippen molar-refractivity contribution in [2.45, 2.75) is 62.6 Å². The van der Waals surface area contributed by atoms with Gasteiger partial charge < -0.3 is 4.90 Å². The van der Waals surface area contributed by atoms with Crippen LogP contribution in [0.1, 0.15) is 52.8 Å². The highest BCUT2D eigenvalue weighted by atomic mass is 32.2. The lowest BCUT2D eigenvalue weighted by Gasteiger charge is -2.38. The lowest BCUT2D eigenvalue weighted by molar-refractivity contribution is 0.0833. The molecule has 6 rings (SSSR count). The third-order valence-electron chi connectivity index (χ3n) is 6.75. The summed E-state index contributed by atoms with van der Waals surface area (Å²) in [4.78, 5) is 27.7. The van der Waals surface area contributed by atoms with Crippen molar-refractivity contribution in [3.8, 4) is 0 Å². The van der Waals surface area contributed by atoms with Crippen molar-refractivity contribution in [3.63, 3.8) is 0 Å². The molecule has 0 bridgehead atoms. The van der Waals surface area contributed by atoms with E-state index in [0.29, 0.717) is 30.5 Å². The minimum atomic E-state index is -3.70. The number of fused-ring (bicyclic) bond motifs is 3. The van der Waals surface area contributed by atoms with Gasteiger partial charge >= 0.3 is 0 Å². The Morgan fingerprint density at radius 2 is 2.06 bits per heavy atom. The number of anilines is 1. The molecule has 0 unspecified atom stereocenters. The molecule has 0 spiro atoms. The number of guanidine groups is 1. The highest BCUT2D eigenvalue weighted by molar-refractivity contribution is 7.89. The van der Waals surface area contributed by atoms with Crippen LogP contribution in [0.3, 0.4) is 0 Å². The Hall–Kier alpha value is -2.30. The van der Waals surface area contributed by atoms with E-state index in [1.54, 1.807) is 34.6 Å². The zero-order chi connectivity index (χ0) is 22.3. The first kappa shape index (κ1) is 20.3. The van der Waals surface area contributed by atoms with Gasteiger partial charge in [0.2, 0.25) is 16.0 Å².